The van der Waals surface area contributed by atoms with E-state index in [4.69, 9.17) is 16.3 Å². The number of ketones is 1. The lowest BCUT2D eigenvalue weighted by molar-refractivity contribution is 0.101. The molecule has 2 nitrogen and oxygen atoms in total. The first-order chi connectivity index (χ1) is 8.13. The number of Topliss-reactive ketones (excluding diaryl/α,β-unsaturated/α-hetero) is 1. The number of hydrogen-bond donors (Lipinski definition) is 0. The van der Waals surface area contributed by atoms with Crippen molar-refractivity contribution in [1.29, 1.82) is 0 Å². The summed E-state index contributed by atoms with van der Waals surface area (Å²) in [5.41, 5.74) is 1.78. The zero-order valence-corrected chi connectivity index (χ0v) is 11.0. The number of ether oxygens (including phenoxy) is 1. The van der Waals surface area contributed by atoms with Crippen LogP contribution in [-0.4, -0.2) is 12.9 Å². The molecule has 0 aromatic heterocycles. The van der Waals surface area contributed by atoms with Crippen LogP contribution in [0.15, 0.2) is 12.1 Å². The number of carbonyl (C=O) groups excluding carboxylic acids is 1. The summed E-state index contributed by atoms with van der Waals surface area (Å²) >= 11 is 6.18. The molecule has 3 heteroatoms. The highest BCUT2D eigenvalue weighted by Crippen LogP contribution is 2.42. The fourth-order valence-electron chi connectivity index (χ4n) is 2.57. The summed E-state index contributed by atoms with van der Waals surface area (Å²) < 4.78 is 5.38. The minimum atomic E-state index is 0.0498. The summed E-state index contributed by atoms with van der Waals surface area (Å²) in [5.74, 6) is 1.28. The van der Waals surface area contributed by atoms with Gasteiger partial charge >= 0.3 is 0 Å². The van der Waals surface area contributed by atoms with Crippen molar-refractivity contribution >= 4 is 17.4 Å². The fourth-order valence-corrected chi connectivity index (χ4v) is 2.88. The van der Waals surface area contributed by atoms with Crippen molar-refractivity contribution in [3.8, 4) is 5.75 Å². The van der Waals surface area contributed by atoms with Gasteiger partial charge in [-0.05, 0) is 43.4 Å². The van der Waals surface area contributed by atoms with Crippen molar-refractivity contribution in [2.24, 2.45) is 0 Å². The topological polar surface area (TPSA) is 26.3 Å². The number of benzene rings is 1. The van der Waals surface area contributed by atoms with Crippen molar-refractivity contribution in [3.63, 3.8) is 0 Å². The molecule has 0 spiro atoms. The number of carbonyl (C=O) groups is 1. The molecular formula is C14H17ClO2. The quantitative estimate of drug-likeness (QED) is 0.754. The van der Waals surface area contributed by atoms with Crippen molar-refractivity contribution in [2.45, 2.75) is 38.5 Å². The molecule has 0 saturated heterocycles. The molecule has 17 heavy (non-hydrogen) atoms. The Hall–Kier alpha value is -1.02. The average molecular weight is 253 g/mol. The summed E-state index contributed by atoms with van der Waals surface area (Å²) in [4.78, 5) is 11.5. The third-order valence-corrected chi connectivity index (χ3v) is 3.76. The van der Waals surface area contributed by atoms with E-state index in [-0.39, 0.29) is 5.78 Å². The monoisotopic (exact) mass is 252 g/mol. The van der Waals surface area contributed by atoms with Crippen LogP contribution in [0.25, 0.3) is 0 Å². The lowest BCUT2D eigenvalue weighted by Gasteiger charge is -2.16. The molecule has 0 amide bonds. The summed E-state index contributed by atoms with van der Waals surface area (Å²) in [6, 6.07) is 3.64. The summed E-state index contributed by atoms with van der Waals surface area (Å²) in [6.45, 7) is 1.57. The second-order valence-electron chi connectivity index (χ2n) is 4.62. The van der Waals surface area contributed by atoms with Gasteiger partial charge in [-0.2, -0.15) is 0 Å². The fraction of sp³-hybridized carbons (Fsp3) is 0.500. The van der Waals surface area contributed by atoms with Crippen molar-refractivity contribution in [2.75, 3.05) is 7.11 Å². The summed E-state index contributed by atoms with van der Waals surface area (Å²) in [5, 5.41) is 0.544. The molecule has 0 N–H and O–H groups in total. The normalized spacial score (nSPS) is 16.2. The highest BCUT2D eigenvalue weighted by Gasteiger charge is 2.23. The Morgan fingerprint density at radius 1 is 1.35 bits per heavy atom. The molecule has 2 rings (SSSR count). The standard InChI is InChI=1S/C14H17ClO2/c1-9(16)11-7-12(10-5-3-4-6-10)14(17-2)13(15)8-11/h7-8,10H,3-6H2,1-2H3. The van der Waals surface area contributed by atoms with Crippen molar-refractivity contribution in [1.82, 2.24) is 0 Å². The van der Waals surface area contributed by atoms with Crippen LogP contribution in [0.4, 0.5) is 0 Å². The predicted octanol–water partition coefficient (Wildman–Crippen LogP) is 4.21. The molecule has 92 valence electrons. The lowest BCUT2D eigenvalue weighted by Crippen LogP contribution is -2.02. The van der Waals surface area contributed by atoms with E-state index in [0.717, 1.165) is 24.2 Å². The van der Waals surface area contributed by atoms with E-state index in [1.54, 1.807) is 20.1 Å². The van der Waals surface area contributed by atoms with Crippen LogP contribution in [0.1, 0.15) is 54.4 Å². The third kappa shape index (κ3) is 2.47. The van der Waals surface area contributed by atoms with E-state index in [1.807, 2.05) is 6.07 Å². The molecule has 1 aliphatic rings. The van der Waals surface area contributed by atoms with Gasteiger partial charge in [0.15, 0.2) is 5.78 Å². The van der Waals surface area contributed by atoms with E-state index in [0.29, 0.717) is 16.5 Å². The second kappa shape index (κ2) is 5.09. The molecule has 1 aromatic carbocycles. The van der Waals surface area contributed by atoms with Gasteiger partial charge in [-0.25, -0.2) is 0 Å². The Balaban J connectivity index is 2.49. The number of halogens is 1. The first-order valence-electron chi connectivity index (χ1n) is 6.02. The van der Waals surface area contributed by atoms with Gasteiger partial charge in [0, 0.05) is 5.56 Å². The Labute approximate surface area is 107 Å². The highest BCUT2D eigenvalue weighted by atomic mass is 35.5. The summed E-state index contributed by atoms with van der Waals surface area (Å²) in [7, 11) is 1.63. The van der Waals surface area contributed by atoms with E-state index in [1.165, 1.54) is 12.8 Å². The third-order valence-electron chi connectivity index (χ3n) is 3.48. The minimum absolute atomic E-state index is 0.0498. The number of rotatable bonds is 3. The van der Waals surface area contributed by atoms with Crippen molar-refractivity contribution in [3.05, 3.63) is 28.3 Å². The van der Waals surface area contributed by atoms with Crippen LogP contribution in [0.5, 0.6) is 5.75 Å². The Bertz CT molecular complexity index is 434. The van der Waals surface area contributed by atoms with Crippen LogP contribution in [-0.2, 0) is 0 Å². The Morgan fingerprint density at radius 3 is 2.53 bits per heavy atom. The first kappa shape index (κ1) is 12.4. The maximum atomic E-state index is 11.5. The van der Waals surface area contributed by atoms with E-state index in [9.17, 15) is 4.79 Å². The molecule has 0 heterocycles. The zero-order chi connectivity index (χ0) is 12.4. The Kier molecular flexibility index (Phi) is 3.72. The average Bonchev–Trinajstić information content (AvgIpc) is 2.81. The molecule has 0 radical (unpaired) electrons. The summed E-state index contributed by atoms with van der Waals surface area (Å²) in [6.07, 6.45) is 4.81. The smallest absolute Gasteiger partial charge is 0.159 e. The van der Waals surface area contributed by atoms with E-state index in [2.05, 4.69) is 0 Å². The molecule has 1 aromatic rings. The Morgan fingerprint density at radius 2 is 2.00 bits per heavy atom. The molecular weight excluding hydrogens is 236 g/mol. The number of hydrogen-bond acceptors (Lipinski definition) is 2. The zero-order valence-electron chi connectivity index (χ0n) is 10.3. The van der Waals surface area contributed by atoms with Crippen LogP contribution in [0.3, 0.4) is 0 Å². The van der Waals surface area contributed by atoms with Crippen LogP contribution in [0.2, 0.25) is 5.02 Å². The molecule has 0 bridgehead atoms. The van der Waals surface area contributed by atoms with Gasteiger partial charge in [-0.1, -0.05) is 24.4 Å². The van der Waals surface area contributed by atoms with E-state index < -0.39 is 0 Å². The van der Waals surface area contributed by atoms with Gasteiger partial charge in [-0.15, -0.1) is 0 Å². The molecule has 1 aliphatic carbocycles. The largest absolute Gasteiger partial charge is 0.495 e. The van der Waals surface area contributed by atoms with Crippen LogP contribution < -0.4 is 4.74 Å². The van der Waals surface area contributed by atoms with Crippen LogP contribution in [0, 0.1) is 0 Å². The van der Waals surface area contributed by atoms with Gasteiger partial charge in [0.05, 0.1) is 12.1 Å². The first-order valence-corrected chi connectivity index (χ1v) is 6.39. The molecule has 0 atom stereocenters. The number of methoxy groups -OCH3 is 1. The lowest BCUT2D eigenvalue weighted by atomic mass is 9.94. The van der Waals surface area contributed by atoms with Crippen LogP contribution >= 0.6 is 11.6 Å². The van der Waals surface area contributed by atoms with Gasteiger partial charge in [-0.3, -0.25) is 4.79 Å². The molecule has 0 aliphatic heterocycles. The maximum absolute atomic E-state index is 11.5. The minimum Gasteiger partial charge on any atom is -0.495 e. The molecule has 1 saturated carbocycles. The second-order valence-corrected chi connectivity index (χ2v) is 5.03. The highest BCUT2D eigenvalue weighted by molar-refractivity contribution is 6.32. The molecule has 0 unspecified atom stereocenters. The maximum Gasteiger partial charge on any atom is 0.159 e. The predicted molar refractivity (Wildman–Crippen MR) is 69.2 cm³/mol. The van der Waals surface area contributed by atoms with Gasteiger partial charge in [0.2, 0.25) is 0 Å². The van der Waals surface area contributed by atoms with Gasteiger partial charge in [0.1, 0.15) is 5.75 Å². The van der Waals surface area contributed by atoms with Gasteiger partial charge in [0.25, 0.3) is 0 Å². The van der Waals surface area contributed by atoms with Crippen molar-refractivity contribution < 1.29 is 9.53 Å². The van der Waals surface area contributed by atoms with E-state index >= 15 is 0 Å². The molecule has 1 fully saturated rings. The van der Waals surface area contributed by atoms with Gasteiger partial charge < -0.3 is 4.74 Å². The SMILES string of the molecule is COc1c(Cl)cc(C(C)=O)cc1C1CCCC1.